The van der Waals surface area contributed by atoms with Crippen LogP contribution in [-0.4, -0.2) is 22.8 Å². The highest BCUT2D eigenvalue weighted by Gasteiger charge is 2.30. The summed E-state index contributed by atoms with van der Waals surface area (Å²) in [6.07, 6.45) is 12.6. The molecule has 7 aromatic carbocycles. The Morgan fingerprint density at radius 2 is 0.875 bits per heavy atom. The van der Waals surface area contributed by atoms with Crippen molar-refractivity contribution in [3.63, 3.8) is 0 Å². The molecule has 0 aliphatic heterocycles. The Kier molecular flexibility index (Phi) is 7.50. The number of rotatable bonds is 5. The van der Waals surface area contributed by atoms with Crippen LogP contribution in [0.1, 0.15) is 48.2 Å². The van der Waals surface area contributed by atoms with E-state index in [1.54, 1.807) is 0 Å². The third-order valence-corrected chi connectivity index (χ3v) is 14.2. The van der Waals surface area contributed by atoms with Crippen LogP contribution in [0.4, 0.5) is 0 Å². The average Bonchev–Trinajstić information content (AvgIpc) is 4.14. The fraction of sp³-hybridized carbons (Fsp3) is 0.0847. The average molecular weight is 822 g/mol. The minimum absolute atomic E-state index is 0.372. The van der Waals surface area contributed by atoms with Crippen LogP contribution in [0, 0.1) is 0 Å². The minimum atomic E-state index is 0.372. The van der Waals surface area contributed by atoms with Gasteiger partial charge in [0.1, 0.15) is 11.3 Å². The van der Waals surface area contributed by atoms with Crippen LogP contribution in [0.5, 0.6) is 0 Å². The summed E-state index contributed by atoms with van der Waals surface area (Å²) in [6, 6.07) is 64.9. The summed E-state index contributed by atoms with van der Waals surface area (Å²) in [4.78, 5) is 0. The van der Waals surface area contributed by atoms with Gasteiger partial charge in [-0.1, -0.05) is 116 Å². The Balaban J connectivity index is 1.05. The monoisotopic (exact) mass is 821 g/mol. The number of allylic oxidation sites excluding steroid dienone is 2. The molecule has 5 aromatic heterocycles. The first-order valence-corrected chi connectivity index (χ1v) is 22.7. The molecule has 0 fully saturated rings. The molecule has 0 saturated heterocycles. The zero-order valence-electron chi connectivity index (χ0n) is 35.5. The number of nitrogens with zero attached hydrogens (tertiary/aromatic N) is 5. The number of aryl methyl sites for hydroxylation is 1. The Bertz CT molecular complexity index is 3920. The Morgan fingerprint density at radius 3 is 1.56 bits per heavy atom. The molecule has 0 spiro atoms. The number of hydrogen-bond donors (Lipinski definition) is 0. The number of hydrogen-bond acceptors (Lipinski definition) is 0. The zero-order valence-corrected chi connectivity index (χ0v) is 35.5. The van der Waals surface area contributed by atoms with Crippen molar-refractivity contribution in [2.24, 2.45) is 0 Å². The van der Waals surface area contributed by atoms with Gasteiger partial charge >= 0.3 is 0 Å². The lowest BCUT2D eigenvalue weighted by Gasteiger charge is -2.19. The van der Waals surface area contributed by atoms with Crippen molar-refractivity contribution < 1.29 is 0 Å². The molecular weight excluding hydrogens is 779 g/mol. The van der Waals surface area contributed by atoms with Gasteiger partial charge in [0.25, 0.3) is 0 Å². The summed E-state index contributed by atoms with van der Waals surface area (Å²) in [5.74, 6) is 0.372. The number of fused-ring (bicyclic) bond motifs is 13. The van der Waals surface area contributed by atoms with Crippen molar-refractivity contribution in [2.75, 3.05) is 0 Å². The lowest BCUT2D eigenvalue weighted by atomic mass is 9.90. The number of para-hydroxylation sites is 5. The molecule has 1 unspecified atom stereocenters. The second-order valence-corrected chi connectivity index (χ2v) is 17.7. The summed E-state index contributed by atoms with van der Waals surface area (Å²) in [7, 11) is 0. The second kappa shape index (κ2) is 13.5. The Labute approximate surface area is 370 Å². The predicted octanol–water partition coefficient (Wildman–Crippen LogP) is 15.0. The van der Waals surface area contributed by atoms with E-state index in [0.29, 0.717) is 5.92 Å². The van der Waals surface area contributed by atoms with Crippen LogP contribution in [0.25, 0.3) is 106 Å². The fourth-order valence-electron chi connectivity index (χ4n) is 11.5. The van der Waals surface area contributed by atoms with Crippen LogP contribution >= 0.6 is 0 Å². The summed E-state index contributed by atoms with van der Waals surface area (Å²) in [6.45, 7) is 2.39. The van der Waals surface area contributed by atoms with Gasteiger partial charge in [0, 0.05) is 66.4 Å². The van der Waals surface area contributed by atoms with Gasteiger partial charge in [0.05, 0.1) is 27.8 Å². The van der Waals surface area contributed by atoms with Crippen molar-refractivity contribution in [1.82, 2.24) is 22.8 Å². The largest absolute Gasteiger partial charge is 0.310 e. The molecule has 5 heterocycles. The van der Waals surface area contributed by atoms with Crippen LogP contribution in [0.2, 0.25) is 0 Å². The van der Waals surface area contributed by atoms with E-state index in [1.807, 2.05) is 0 Å². The fourth-order valence-corrected chi connectivity index (χ4v) is 11.5. The number of benzene rings is 7. The molecule has 0 bridgehead atoms. The second-order valence-electron chi connectivity index (χ2n) is 17.7. The molecule has 14 rings (SSSR count). The molecule has 5 heteroatoms. The highest BCUT2D eigenvalue weighted by molar-refractivity contribution is 6.23. The first-order valence-electron chi connectivity index (χ1n) is 22.7. The van der Waals surface area contributed by atoms with Gasteiger partial charge in [0.15, 0.2) is 0 Å². The normalized spacial score (nSPS) is 14.8. The number of aromatic nitrogens is 5. The molecule has 5 nitrogen and oxygen atoms in total. The summed E-state index contributed by atoms with van der Waals surface area (Å²) in [5.41, 5.74) is 18.4. The van der Waals surface area contributed by atoms with Gasteiger partial charge in [-0.3, -0.25) is 18.3 Å². The van der Waals surface area contributed by atoms with Gasteiger partial charge in [-0.2, -0.15) is 0 Å². The van der Waals surface area contributed by atoms with Crippen molar-refractivity contribution >= 4 is 77.8 Å². The first-order chi connectivity index (χ1) is 31.7. The molecule has 2 aliphatic carbocycles. The maximum atomic E-state index is 2.54. The van der Waals surface area contributed by atoms with E-state index in [4.69, 9.17) is 0 Å². The standard InChI is InChI=1S/C59H43N5/c1-38-17-16-30-53-55(38)57-47-25-11-15-29-52(47)64(59(57)62(53)42-33-31-41(32-34-42)60-49-26-12-8-22-44(49)45-23-9-13-27-50(45)60)43-35-36-48-54(37-43)63(40-20-6-3-7-21-40)58-56(48)46-24-10-14-28-51(46)61(58)39-18-4-2-5-19-39/h2-8,10-16,18-22,24-38H,9,17,23H2,1H3. The van der Waals surface area contributed by atoms with E-state index in [2.05, 4.69) is 230 Å². The van der Waals surface area contributed by atoms with Crippen LogP contribution in [0.3, 0.4) is 0 Å². The molecule has 2 aliphatic rings. The highest BCUT2D eigenvalue weighted by Crippen LogP contribution is 2.47. The SMILES string of the molecule is CC1CC=Cc2c1c1c3ccccc3n(-c3ccc4c5c6ccccc6n(-c6ccccc6)c5n(-c5ccccc5)c4c3)c1n2-c1ccc(-n2c3c(c4ccccc42)CCC=C3)cc1. The predicted molar refractivity (Wildman–Crippen MR) is 268 cm³/mol. The molecule has 0 saturated carbocycles. The highest BCUT2D eigenvalue weighted by atomic mass is 15.2. The summed E-state index contributed by atoms with van der Waals surface area (Å²) >= 11 is 0. The van der Waals surface area contributed by atoms with Gasteiger partial charge < -0.3 is 4.57 Å². The van der Waals surface area contributed by atoms with Crippen LogP contribution in [-0.2, 0) is 6.42 Å². The van der Waals surface area contributed by atoms with Crippen molar-refractivity contribution in [1.29, 1.82) is 0 Å². The lowest BCUT2D eigenvalue weighted by molar-refractivity contribution is 0.772. The van der Waals surface area contributed by atoms with Crippen molar-refractivity contribution in [3.8, 4) is 28.4 Å². The molecule has 304 valence electrons. The molecular formula is C59H43N5. The van der Waals surface area contributed by atoms with Gasteiger partial charge in [-0.25, -0.2) is 0 Å². The molecule has 0 radical (unpaired) electrons. The summed E-state index contributed by atoms with van der Waals surface area (Å²) in [5, 5.41) is 7.72. The van der Waals surface area contributed by atoms with Crippen molar-refractivity contribution in [3.05, 3.63) is 211 Å². The summed E-state index contributed by atoms with van der Waals surface area (Å²) < 4.78 is 12.5. The maximum Gasteiger partial charge on any atom is 0.131 e. The first kappa shape index (κ1) is 35.6. The van der Waals surface area contributed by atoms with E-state index in [9.17, 15) is 0 Å². The van der Waals surface area contributed by atoms with E-state index in [-0.39, 0.29) is 0 Å². The van der Waals surface area contributed by atoms with Gasteiger partial charge in [-0.15, -0.1) is 0 Å². The quantitative estimate of drug-likeness (QED) is 0.165. The van der Waals surface area contributed by atoms with E-state index in [1.165, 1.54) is 93.9 Å². The van der Waals surface area contributed by atoms with Crippen LogP contribution in [0.15, 0.2) is 188 Å². The third kappa shape index (κ3) is 4.84. The molecule has 64 heavy (non-hydrogen) atoms. The lowest BCUT2D eigenvalue weighted by Crippen LogP contribution is -2.07. The maximum absolute atomic E-state index is 2.54. The molecule has 12 aromatic rings. The van der Waals surface area contributed by atoms with E-state index >= 15 is 0 Å². The minimum Gasteiger partial charge on any atom is -0.310 e. The third-order valence-electron chi connectivity index (χ3n) is 14.2. The smallest absolute Gasteiger partial charge is 0.131 e. The van der Waals surface area contributed by atoms with Gasteiger partial charge in [-0.05, 0) is 127 Å². The van der Waals surface area contributed by atoms with Crippen LogP contribution < -0.4 is 0 Å². The zero-order chi connectivity index (χ0) is 42.0. The Morgan fingerprint density at radius 1 is 0.391 bits per heavy atom. The molecule has 0 amide bonds. The topological polar surface area (TPSA) is 24.6 Å². The molecule has 0 N–H and O–H groups in total. The van der Waals surface area contributed by atoms with E-state index in [0.717, 1.165) is 42.0 Å². The van der Waals surface area contributed by atoms with Crippen molar-refractivity contribution in [2.45, 2.75) is 32.1 Å². The molecule has 1 atom stereocenters. The van der Waals surface area contributed by atoms with Gasteiger partial charge in [0.2, 0.25) is 0 Å². The van der Waals surface area contributed by atoms with E-state index < -0.39 is 0 Å². The Hall–Kier alpha value is -8.02.